The van der Waals surface area contributed by atoms with Crippen molar-refractivity contribution in [3.05, 3.63) is 24.1 Å². The van der Waals surface area contributed by atoms with Gasteiger partial charge in [-0.25, -0.2) is 9.37 Å². The number of rotatable bonds is 3. The van der Waals surface area contributed by atoms with Gasteiger partial charge >= 0.3 is 0 Å². The van der Waals surface area contributed by atoms with Crippen molar-refractivity contribution in [2.45, 2.75) is 37.6 Å². The number of hydrogen-bond acceptors (Lipinski definition) is 3. The molecular formula is C12H17FN2O. The Morgan fingerprint density at radius 2 is 2.12 bits per heavy atom. The third kappa shape index (κ3) is 2.32. The van der Waals surface area contributed by atoms with E-state index in [1.807, 2.05) is 0 Å². The van der Waals surface area contributed by atoms with Gasteiger partial charge in [0.25, 0.3) is 0 Å². The summed E-state index contributed by atoms with van der Waals surface area (Å²) in [5.41, 5.74) is -0.382. The van der Waals surface area contributed by atoms with E-state index in [1.54, 1.807) is 12.3 Å². The van der Waals surface area contributed by atoms with Gasteiger partial charge in [-0.2, -0.15) is 0 Å². The highest BCUT2D eigenvalue weighted by Crippen LogP contribution is 2.31. The Hall–Kier alpha value is -1.16. The Morgan fingerprint density at radius 1 is 1.38 bits per heavy atom. The van der Waals surface area contributed by atoms with Gasteiger partial charge < -0.3 is 10.4 Å². The lowest BCUT2D eigenvalue weighted by molar-refractivity contribution is 0.172. The summed E-state index contributed by atoms with van der Waals surface area (Å²) in [5.74, 6) is -0.112. The maximum atomic E-state index is 13.4. The summed E-state index contributed by atoms with van der Waals surface area (Å²) in [6.07, 6.45) is 6.64. The third-order valence-corrected chi connectivity index (χ3v) is 3.26. The van der Waals surface area contributed by atoms with Crippen LogP contribution in [-0.4, -0.2) is 22.2 Å². The van der Waals surface area contributed by atoms with Crippen LogP contribution in [0.2, 0.25) is 0 Å². The third-order valence-electron chi connectivity index (χ3n) is 3.26. The summed E-state index contributed by atoms with van der Waals surface area (Å²) < 4.78 is 13.4. The lowest BCUT2D eigenvalue weighted by Crippen LogP contribution is -2.44. The quantitative estimate of drug-likeness (QED) is 0.828. The SMILES string of the molecule is OCC1(Nc2ncccc2F)CCCCC1. The number of nitrogens with zero attached hydrogens (tertiary/aromatic N) is 1. The maximum Gasteiger partial charge on any atom is 0.165 e. The van der Waals surface area contributed by atoms with Crippen LogP contribution < -0.4 is 5.32 Å². The number of halogens is 1. The molecular weight excluding hydrogens is 207 g/mol. The molecule has 0 atom stereocenters. The van der Waals surface area contributed by atoms with Crippen molar-refractivity contribution in [3.8, 4) is 0 Å². The molecule has 3 nitrogen and oxygen atoms in total. The summed E-state index contributed by atoms with van der Waals surface area (Å²) in [4.78, 5) is 3.97. The van der Waals surface area contributed by atoms with Gasteiger partial charge in [-0.3, -0.25) is 0 Å². The highest BCUT2D eigenvalue weighted by atomic mass is 19.1. The molecule has 0 aromatic carbocycles. The molecule has 1 aliphatic rings. The molecule has 16 heavy (non-hydrogen) atoms. The van der Waals surface area contributed by atoms with E-state index in [1.165, 1.54) is 12.5 Å². The van der Waals surface area contributed by atoms with E-state index in [0.717, 1.165) is 25.7 Å². The minimum absolute atomic E-state index is 0.0308. The molecule has 2 N–H and O–H groups in total. The van der Waals surface area contributed by atoms with Gasteiger partial charge in [0.15, 0.2) is 11.6 Å². The van der Waals surface area contributed by atoms with Crippen LogP contribution in [0.3, 0.4) is 0 Å². The Morgan fingerprint density at radius 3 is 2.75 bits per heavy atom. The van der Waals surface area contributed by atoms with Crippen molar-refractivity contribution in [1.29, 1.82) is 0 Å². The van der Waals surface area contributed by atoms with Crippen molar-refractivity contribution in [2.75, 3.05) is 11.9 Å². The van der Waals surface area contributed by atoms with Crippen molar-refractivity contribution in [3.63, 3.8) is 0 Å². The van der Waals surface area contributed by atoms with Crippen LogP contribution in [0.1, 0.15) is 32.1 Å². The highest BCUT2D eigenvalue weighted by molar-refractivity contribution is 5.39. The van der Waals surface area contributed by atoms with Crippen molar-refractivity contribution in [1.82, 2.24) is 4.98 Å². The fourth-order valence-electron chi connectivity index (χ4n) is 2.28. The minimum Gasteiger partial charge on any atom is -0.394 e. The second kappa shape index (κ2) is 4.78. The van der Waals surface area contributed by atoms with Crippen LogP contribution in [0.5, 0.6) is 0 Å². The van der Waals surface area contributed by atoms with Crippen LogP contribution in [0.25, 0.3) is 0 Å². The monoisotopic (exact) mass is 224 g/mol. The molecule has 1 saturated carbocycles. The number of aromatic nitrogens is 1. The summed E-state index contributed by atoms with van der Waals surface area (Å²) in [5, 5.41) is 12.6. The van der Waals surface area contributed by atoms with Crippen LogP contribution >= 0.6 is 0 Å². The Balaban J connectivity index is 2.15. The second-order valence-electron chi connectivity index (χ2n) is 4.46. The predicted molar refractivity (Wildman–Crippen MR) is 60.7 cm³/mol. The molecule has 4 heteroatoms. The molecule has 0 unspecified atom stereocenters. The Labute approximate surface area is 94.7 Å². The van der Waals surface area contributed by atoms with Gasteiger partial charge in [0.2, 0.25) is 0 Å². The number of aliphatic hydroxyl groups excluding tert-OH is 1. The summed E-state index contributed by atoms with van der Waals surface area (Å²) in [6.45, 7) is 0.0308. The summed E-state index contributed by atoms with van der Waals surface area (Å²) >= 11 is 0. The first-order chi connectivity index (χ1) is 7.76. The lowest BCUT2D eigenvalue weighted by atomic mass is 9.82. The Bertz CT molecular complexity index is 351. The zero-order valence-electron chi connectivity index (χ0n) is 9.25. The minimum atomic E-state index is -0.382. The average Bonchev–Trinajstić information content (AvgIpc) is 2.33. The average molecular weight is 224 g/mol. The topological polar surface area (TPSA) is 45.1 Å². The molecule has 2 rings (SSSR count). The first kappa shape index (κ1) is 11.3. The van der Waals surface area contributed by atoms with Crippen molar-refractivity contribution < 1.29 is 9.50 Å². The summed E-state index contributed by atoms with van der Waals surface area (Å²) in [6, 6.07) is 2.94. The van der Waals surface area contributed by atoms with Crippen molar-refractivity contribution >= 4 is 5.82 Å². The predicted octanol–water partition coefficient (Wildman–Crippen LogP) is 2.33. The second-order valence-corrected chi connectivity index (χ2v) is 4.46. The smallest absolute Gasteiger partial charge is 0.165 e. The zero-order chi connectivity index (χ0) is 11.4. The fourth-order valence-corrected chi connectivity index (χ4v) is 2.28. The number of nitrogens with one attached hydrogen (secondary N) is 1. The molecule has 0 amide bonds. The number of pyridine rings is 1. The molecule has 1 aliphatic carbocycles. The molecule has 0 radical (unpaired) electrons. The first-order valence-corrected chi connectivity index (χ1v) is 5.75. The molecule has 0 spiro atoms. The molecule has 88 valence electrons. The summed E-state index contributed by atoms with van der Waals surface area (Å²) in [7, 11) is 0. The van der Waals surface area contributed by atoms with Crippen LogP contribution in [0, 0.1) is 5.82 Å². The highest BCUT2D eigenvalue weighted by Gasteiger charge is 2.32. The van der Waals surface area contributed by atoms with E-state index in [4.69, 9.17) is 0 Å². The Kier molecular flexibility index (Phi) is 3.39. The zero-order valence-corrected chi connectivity index (χ0v) is 9.25. The molecule has 0 aliphatic heterocycles. The lowest BCUT2D eigenvalue weighted by Gasteiger charge is -2.36. The van der Waals surface area contributed by atoms with Gasteiger partial charge in [0.05, 0.1) is 12.1 Å². The molecule has 1 aromatic rings. The van der Waals surface area contributed by atoms with Gasteiger partial charge in [-0.1, -0.05) is 19.3 Å². The molecule has 1 aromatic heterocycles. The van der Waals surface area contributed by atoms with Crippen LogP contribution in [0.15, 0.2) is 18.3 Å². The maximum absolute atomic E-state index is 13.4. The van der Waals surface area contributed by atoms with Crippen LogP contribution in [0.4, 0.5) is 10.2 Å². The van der Waals surface area contributed by atoms with Gasteiger partial charge in [0, 0.05) is 6.20 Å². The van der Waals surface area contributed by atoms with E-state index < -0.39 is 0 Å². The van der Waals surface area contributed by atoms with E-state index in [9.17, 15) is 9.50 Å². The largest absolute Gasteiger partial charge is 0.394 e. The molecule has 0 saturated heterocycles. The number of aliphatic hydroxyl groups is 1. The van der Waals surface area contributed by atoms with E-state index in [2.05, 4.69) is 10.3 Å². The van der Waals surface area contributed by atoms with E-state index in [0.29, 0.717) is 0 Å². The normalized spacial score (nSPS) is 19.4. The van der Waals surface area contributed by atoms with E-state index in [-0.39, 0.29) is 23.8 Å². The van der Waals surface area contributed by atoms with Gasteiger partial charge in [-0.15, -0.1) is 0 Å². The van der Waals surface area contributed by atoms with E-state index >= 15 is 0 Å². The molecule has 0 bridgehead atoms. The molecule has 1 heterocycles. The van der Waals surface area contributed by atoms with Crippen molar-refractivity contribution in [2.24, 2.45) is 0 Å². The fraction of sp³-hybridized carbons (Fsp3) is 0.583. The standard InChI is InChI=1S/C12H17FN2O/c13-10-5-4-8-14-11(10)15-12(9-16)6-2-1-3-7-12/h4-5,8,16H,1-3,6-7,9H2,(H,14,15). The molecule has 1 fully saturated rings. The first-order valence-electron chi connectivity index (χ1n) is 5.75. The number of anilines is 1. The van der Waals surface area contributed by atoms with Crippen LogP contribution in [-0.2, 0) is 0 Å². The van der Waals surface area contributed by atoms with Gasteiger partial charge in [0.1, 0.15) is 0 Å². The number of hydrogen-bond donors (Lipinski definition) is 2. The van der Waals surface area contributed by atoms with Gasteiger partial charge in [-0.05, 0) is 25.0 Å².